The molecule has 25 heteroatoms. The fraction of sp³-hybridized carbons (Fsp3) is 0.0278. The number of hydrogen-bond acceptors (Lipinski definition) is 20. The largest absolute Gasteiger partial charge is 0.569 e. The standard InChI is InChI=1S/C10H8N4O2.C10H10N4.C5H5BNO2.C5H4BrN3O2.C5H5N3O2.CH4/c11-10-8(7-2-1-3-12-4-7)5-13-6-9(10)14(15)16;11-9-6-14-5-8(10(9)12)7-2-1-3-13-4-7;8-6-9-5-2-1-3-7-4-5;6-3-1-8-2-4(5(3)7)9(10)11;6-4-1-2-7-3-5(4)8(9)10;/h1-6H,(H2,11,13);1-6H,11H2,(H2,12,14);1-4,8H;1-2H,(H2,7,8);1-3H,(H2,6,7);1H4. The molecule has 7 aromatic heterocycles. The molecule has 11 N–H and O–H groups in total. The van der Waals surface area contributed by atoms with E-state index in [9.17, 15) is 30.3 Å². The molecule has 0 saturated heterocycles. The predicted molar refractivity (Wildman–Crippen MR) is 233 cm³/mol. The molecule has 0 atom stereocenters. The summed E-state index contributed by atoms with van der Waals surface area (Å²) in [7, 11) is 0.622. The summed E-state index contributed by atoms with van der Waals surface area (Å²) in [4.78, 5) is 55.9. The van der Waals surface area contributed by atoms with Crippen LogP contribution in [0.2, 0.25) is 0 Å². The zero-order valence-electron chi connectivity index (χ0n) is 30.7. The molecule has 0 unspecified atom stereocenters. The second-order valence-corrected chi connectivity index (χ2v) is 11.8. The van der Waals surface area contributed by atoms with Gasteiger partial charge in [-0.2, -0.15) is 0 Å². The van der Waals surface area contributed by atoms with Crippen LogP contribution < -0.4 is 33.3 Å². The Balaban J connectivity index is 0.000000266. The third kappa shape index (κ3) is 15.1. The van der Waals surface area contributed by atoms with Crippen molar-refractivity contribution < 1.29 is 24.4 Å². The number of rotatable bonds is 7. The van der Waals surface area contributed by atoms with Crippen molar-refractivity contribution in [1.29, 1.82) is 0 Å². The molecule has 0 bridgehead atoms. The SMILES string of the molecule is C.Nc1c(-c2cccnc2)cncc1[N+](=O)[O-].Nc1c(Br)cncc1[N+](=O)[O-].Nc1ccncc1[N+](=O)[O-].Nc1cncc(-c2cccnc2)c1N.O[B]Oc1cccnc1. The molecular weight excluding hydrogens is 861 g/mol. The van der Waals surface area contributed by atoms with Gasteiger partial charge in [0.25, 0.3) is 0 Å². The van der Waals surface area contributed by atoms with Crippen LogP contribution in [0.4, 0.5) is 45.5 Å². The van der Waals surface area contributed by atoms with Crippen molar-refractivity contribution in [3.05, 3.63) is 164 Å². The Labute approximate surface area is 355 Å². The number of hydrogen-bond donors (Lipinski definition) is 6. The summed E-state index contributed by atoms with van der Waals surface area (Å²) in [5.74, 6) is 0.528. The first-order valence-electron chi connectivity index (χ1n) is 16.3. The summed E-state index contributed by atoms with van der Waals surface area (Å²) < 4.78 is 5.01. The summed E-state index contributed by atoms with van der Waals surface area (Å²) in [6, 6.07) is 12.1. The normalized spacial score (nSPS) is 9.41. The third-order valence-electron chi connectivity index (χ3n) is 7.09. The van der Waals surface area contributed by atoms with Crippen LogP contribution in [0.1, 0.15) is 7.43 Å². The number of nitrogen functional groups attached to an aromatic ring is 5. The number of nitrogens with zero attached hydrogens (tertiary/aromatic N) is 10. The molecule has 0 fully saturated rings. The van der Waals surface area contributed by atoms with Gasteiger partial charge >= 0.3 is 24.7 Å². The summed E-state index contributed by atoms with van der Waals surface area (Å²) in [6.07, 6.45) is 20.7. The molecular formula is C36H36BBrN15O8. The molecule has 7 heterocycles. The number of aromatic nitrogens is 7. The van der Waals surface area contributed by atoms with Crippen molar-refractivity contribution in [3.63, 3.8) is 0 Å². The quantitative estimate of drug-likeness (QED) is 0.0655. The maximum atomic E-state index is 10.7. The molecule has 0 spiro atoms. The van der Waals surface area contributed by atoms with E-state index in [1.165, 1.54) is 37.1 Å². The van der Waals surface area contributed by atoms with E-state index >= 15 is 0 Å². The number of pyridine rings is 7. The maximum absolute atomic E-state index is 10.7. The lowest BCUT2D eigenvalue weighted by atomic mass is 10.1. The van der Waals surface area contributed by atoms with Gasteiger partial charge in [0, 0.05) is 78.0 Å². The van der Waals surface area contributed by atoms with Crippen LogP contribution in [0.15, 0.2) is 134 Å². The van der Waals surface area contributed by atoms with Crippen molar-refractivity contribution >= 4 is 69.1 Å². The van der Waals surface area contributed by atoms with Crippen LogP contribution in [-0.4, -0.2) is 62.4 Å². The molecule has 1 radical (unpaired) electrons. The highest BCUT2D eigenvalue weighted by Gasteiger charge is 2.16. The van der Waals surface area contributed by atoms with Crippen molar-refractivity contribution in [2.75, 3.05) is 28.7 Å². The van der Waals surface area contributed by atoms with Crippen LogP contribution in [-0.2, 0) is 0 Å². The first-order chi connectivity index (χ1) is 28.8. The van der Waals surface area contributed by atoms with Gasteiger partial charge < -0.3 is 38.3 Å². The van der Waals surface area contributed by atoms with Crippen LogP contribution in [0.5, 0.6) is 5.75 Å². The monoisotopic (exact) mass is 896 g/mol. The van der Waals surface area contributed by atoms with Crippen molar-refractivity contribution in [3.8, 4) is 28.0 Å². The Bertz CT molecular complexity index is 2480. The van der Waals surface area contributed by atoms with Gasteiger partial charge in [-0.15, -0.1) is 0 Å². The minimum absolute atomic E-state index is 0. The Morgan fingerprint density at radius 2 is 0.984 bits per heavy atom. The van der Waals surface area contributed by atoms with Gasteiger partial charge in [0.05, 0.1) is 43.0 Å². The van der Waals surface area contributed by atoms with Crippen LogP contribution in [0.3, 0.4) is 0 Å². The van der Waals surface area contributed by atoms with Gasteiger partial charge in [-0.1, -0.05) is 19.6 Å². The van der Waals surface area contributed by atoms with E-state index < -0.39 is 14.8 Å². The smallest absolute Gasteiger partial charge is 0.536 e. The van der Waals surface area contributed by atoms with Gasteiger partial charge in [-0.3, -0.25) is 65.2 Å². The summed E-state index contributed by atoms with van der Waals surface area (Å²) in [6.45, 7) is 0. The fourth-order valence-corrected chi connectivity index (χ4v) is 4.52. The molecule has 0 aromatic carbocycles. The lowest BCUT2D eigenvalue weighted by Crippen LogP contribution is -1.99. The van der Waals surface area contributed by atoms with E-state index in [2.05, 4.69) is 55.5 Å². The Morgan fingerprint density at radius 1 is 0.525 bits per heavy atom. The number of halogens is 1. The molecule has 0 aliphatic rings. The van der Waals surface area contributed by atoms with Crippen LogP contribution in [0.25, 0.3) is 22.3 Å². The fourth-order valence-electron chi connectivity index (χ4n) is 4.20. The van der Waals surface area contributed by atoms with E-state index in [1.807, 2.05) is 12.1 Å². The Morgan fingerprint density at radius 3 is 1.43 bits per heavy atom. The average molecular weight is 897 g/mol. The molecule has 7 aromatic rings. The topological polar surface area (TPSA) is 379 Å². The minimum Gasteiger partial charge on any atom is -0.536 e. The number of nitrogens with two attached hydrogens (primary N) is 5. The van der Waals surface area contributed by atoms with Crippen LogP contribution in [0, 0.1) is 30.3 Å². The average Bonchev–Trinajstić information content (AvgIpc) is 3.25. The molecule has 23 nitrogen and oxygen atoms in total. The first-order valence-corrected chi connectivity index (χ1v) is 17.1. The molecule has 0 aliphatic carbocycles. The predicted octanol–water partition coefficient (Wildman–Crippen LogP) is 5.47. The number of anilines is 5. The molecule has 0 saturated carbocycles. The zero-order chi connectivity index (χ0) is 44.0. The van der Waals surface area contributed by atoms with Gasteiger partial charge in [-0.25, -0.2) is 0 Å². The molecule has 61 heavy (non-hydrogen) atoms. The van der Waals surface area contributed by atoms with Crippen molar-refractivity contribution in [2.24, 2.45) is 0 Å². The van der Waals surface area contributed by atoms with E-state index in [1.54, 1.807) is 61.4 Å². The highest BCUT2D eigenvalue weighted by atomic mass is 79.9. The third-order valence-corrected chi connectivity index (χ3v) is 7.73. The zero-order valence-corrected chi connectivity index (χ0v) is 32.3. The number of nitro groups is 3. The highest BCUT2D eigenvalue weighted by Crippen LogP contribution is 2.31. The molecule has 0 amide bonds. The molecule has 313 valence electrons. The summed E-state index contributed by atoms with van der Waals surface area (Å²) in [5, 5.41) is 39.2. The Hall–Kier alpha value is -8.45. The van der Waals surface area contributed by atoms with Crippen molar-refractivity contribution in [1.82, 2.24) is 34.9 Å². The summed E-state index contributed by atoms with van der Waals surface area (Å²) in [5.41, 5.74) is 31.6. The van der Waals surface area contributed by atoms with Gasteiger partial charge in [0.2, 0.25) is 0 Å². The molecule has 0 aliphatic heterocycles. The minimum atomic E-state index is -0.576. The van der Waals surface area contributed by atoms with E-state index in [0.717, 1.165) is 29.7 Å². The van der Waals surface area contributed by atoms with E-state index in [4.69, 9.17) is 33.7 Å². The van der Waals surface area contributed by atoms with E-state index in [0.29, 0.717) is 40.4 Å². The highest BCUT2D eigenvalue weighted by molar-refractivity contribution is 9.10. The second kappa shape index (κ2) is 25.0. The van der Waals surface area contributed by atoms with Gasteiger partial charge in [0.1, 0.15) is 41.4 Å². The lowest BCUT2D eigenvalue weighted by molar-refractivity contribution is -0.384. The van der Waals surface area contributed by atoms with Gasteiger partial charge in [0.15, 0.2) is 0 Å². The second-order valence-electron chi connectivity index (χ2n) is 11.0. The maximum Gasteiger partial charge on any atom is 0.569 e. The van der Waals surface area contributed by atoms with Gasteiger partial charge in [-0.05, 0) is 46.3 Å². The van der Waals surface area contributed by atoms with Crippen LogP contribution >= 0.6 is 15.9 Å². The first kappa shape index (κ1) is 48.7. The molecule has 7 rings (SSSR count). The lowest BCUT2D eigenvalue weighted by Gasteiger charge is -2.06. The Kier molecular flexibility index (Phi) is 20.0. The van der Waals surface area contributed by atoms with E-state index in [-0.39, 0.29) is 41.6 Å². The summed E-state index contributed by atoms with van der Waals surface area (Å²) >= 11 is 3.02. The van der Waals surface area contributed by atoms with Crippen molar-refractivity contribution in [2.45, 2.75) is 7.43 Å².